The largest absolute Gasteiger partial charge is 0.457 e. The van der Waals surface area contributed by atoms with E-state index in [-0.39, 0.29) is 11.9 Å². The molecule has 0 spiro atoms. The lowest BCUT2D eigenvalue weighted by Gasteiger charge is -2.15. The average molecular weight is 419 g/mol. The Morgan fingerprint density at radius 2 is 1.87 bits per heavy atom. The fraction of sp³-hybridized carbons (Fsp3) is 0.217. The van der Waals surface area contributed by atoms with Gasteiger partial charge in [-0.05, 0) is 48.9 Å². The van der Waals surface area contributed by atoms with Crippen LogP contribution >= 0.6 is 0 Å². The molecule has 0 saturated carbocycles. The molecule has 31 heavy (non-hydrogen) atoms. The monoisotopic (exact) mass is 419 g/mol. The highest BCUT2D eigenvalue weighted by Gasteiger charge is 2.31. The molecule has 2 aromatic carbocycles. The normalized spacial score (nSPS) is 16.8. The summed E-state index contributed by atoms with van der Waals surface area (Å²) < 4.78 is 7.49. The summed E-state index contributed by atoms with van der Waals surface area (Å²) in [6.45, 7) is 4.60. The van der Waals surface area contributed by atoms with Crippen molar-refractivity contribution in [1.82, 2.24) is 14.7 Å². The van der Waals surface area contributed by atoms with Crippen LogP contribution in [0.3, 0.4) is 0 Å². The van der Waals surface area contributed by atoms with Crippen molar-refractivity contribution in [3.05, 3.63) is 72.8 Å². The van der Waals surface area contributed by atoms with Crippen molar-refractivity contribution in [3.63, 3.8) is 0 Å². The van der Waals surface area contributed by atoms with Gasteiger partial charge in [-0.25, -0.2) is 4.68 Å². The minimum atomic E-state index is -1.28. The van der Waals surface area contributed by atoms with E-state index in [4.69, 9.17) is 16.2 Å². The minimum Gasteiger partial charge on any atom is -0.457 e. The first-order valence-electron chi connectivity index (χ1n) is 10.0. The lowest BCUT2D eigenvalue weighted by molar-refractivity contribution is -0.125. The Hall–Kier alpha value is -3.62. The van der Waals surface area contributed by atoms with E-state index in [1.165, 1.54) is 6.08 Å². The summed E-state index contributed by atoms with van der Waals surface area (Å²) >= 11 is 0. The van der Waals surface area contributed by atoms with Gasteiger partial charge in [0.05, 0.1) is 11.6 Å². The van der Waals surface area contributed by atoms with Crippen LogP contribution in [0.1, 0.15) is 24.3 Å². The Labute approximate surface area is 180 Å². The molecule has 160 valence electrons. The molecule has 1 saturated heterocycles. The average Bonchev–Trinajstić information content (AvgIpc) is 3.39. The highest BCUT2D eigenvalue weighted by molar-refractivity contribution is 5.87. The summed E-state index contributed by atoms with van der Waals surface area (Å²) in [5.41, 5.74) is 13.8. The zero-order valence-electron chi connectivity index (χ0n) is 17.0. The van der Waals surface area contributed by atoms with Crippen LogP contribution in [0.25, 0.3) is 11.3 Å². The molecule has 1 aliphatic heterocycles. The number of aliphatic hydroxyl groups is 1. The van der Waals surface area contributed by atoms with E-state index in [1.54, 1.807) is 9.58 Å². The molecule has 2 heterocycles. The molecular weight excluding hydrogens is 394 g/mol. The second kappa shape index (κ2) is 8.63. The maximum Gasteiger partial charge on any atom is 0.246 e. The zero-order valence-corrected chi connectivity index (χ0v) is 17.0. The zero-order chi connectivity index (χ0) is 22.0. The summed E-state index contributed by atoms with van der Waals surface area (Å²) in [5, 5.41) is 14.8. The SMILES string of the molecule is C=CC(=O)N1CC[C@@H](n2nc(-c3ccc(Oc4ccccc4)cc3)c(C(N)O)c2N)C1. The molecule has 1 amide bonds. The number of likely N-dealkylation sites (tertiary alicyclic amines) is 1. The predicted molar refractivity (Wildman–Crippen MR) is 118 cm³/mol. The van der Waals surface area contributed by atoms with Crippen LogP contribution in [0, 0.1) is 0 Å². The Morgan fingerprint density at radius 3 is 2.52 bits per heavy atom. The van der Waals surface area contributed by atoms with Crippen LogP contribution in [-0.4, -0.2) is 38.8 Å². The molecular formula is C23H25N5O3. The number of hydrogen-bond acceptors (Lipinski definition) is 6. The highest BCUT2D eigenvalue weighted by atomic mass is 16.5. The first kappa shape index (κ1) is 20.6. The number of carbonyl (C=O) groups is 1. The van der Waals surface area contributed by atoms with E-state index in [0.717, 1.165) is 11.3 Å². The minimum absolute atomic E-state index is 0.101. The van der Waals surface area contributed by atoms with Crippen LogP contribution in [0.5, 0.6) is 11.5 Å². The van der Waals surface area contributed by atoms with Crippen molar-refractivity contribution in [2.24, 2.45) is 5.73 Å². The summed E-state index contributed by atoms with van der Waals surface area (Å²) in [5.74, 6) is 1.59. The molecule has 5 N–H and O–H groups in total. The van der Waals surface area contributed by atoms with Crippen molar-refractivity contribution < 1.29 is 14.6 Å². The number of carbonyl (C=O) groups excluding carboxylic acids is 1. The number of anilines is 1. The fourth-order valence-corrected chi connectivity index (χ4v) is 3.82. The van der Waals surface area contributed by atoms with Gasteiger partial charge in [-0.1, -0.05) is 24.8 Å². The molecule has 1 aromatic heterocycles. The van der Waals surface area contributed by atoms with Gasteiger partial charge < -0.3 is 26.2 Å². The molecule has 3 aromatic rings. The molecule has 8 nitrogen and oxygen atoms in total. The maximum atomic E-state index is 11.9. The van der Waals surface area contributed by atoms with E-state index < -0.39 is 6.23 Å². The Morgan fingerprint density at radius 1 is 1.19 bits per heavy atom. The number of benzene rings is 2. The maximum absolute atomic E-state index is 11.9. The Bertz CT molecular complexity index is 1080. The number of aliphatic hydroxyl groups excluding tert-OH is 1. The topological polar surface area (TPSA) is 120 Å². The number of rotatable bonds is 6. The molecule has 0 bridgehead atoms. The first-order valence-corrected chi connectivity index (χ1v) is 10.0. The lowest BCUT2D eigenvalue weighted by atomic mass is 10.1. The fourth-order valence-electron chi connectivity index (χ4n) is 3.82. The standard InChI is InChI=1S/C23H25N5O3/c1-2-19(29)27-13-12-16(14-27)28-22(24)20(23(25)30)21(26-28)15-8-10-18(11-9-15)31-17-6-4-3-5-7-17/h2-11,16,23,30H,1,12-14,24-25H2/t16-,23?/m1/s1. The number of nitrogens with two attached hydrogens (primary N) is 2. The van der Waals surface area contributed by atoms with E-state index in [1.807, 2.05) is 54.6 Å². The molecule has 8 heteroatoms. The first-order chi connectivity index (χ1) is 15.0. The molecule has 1 aliphatic rings. The summed E-state index contributed by atoms with van der Waals surface area (Å²) in [6, 6.07) is 16.7. The third-order valence-corrected chi connectivity index (χ3v) is 5.38. The number of aromatic nitrogens is 2. The molecule has 2 atom stereocenters. The number of nitrogen functional groups attached to an aromatic ring is 1. The number of ether oxygens (including phenoxy) is 1. The van der Waals surface area contributed by atoms with Crippen molar-refractivity contribution in [3.8, 4) is 22.8 Å². The quantitative estimate of drug-likeness (QED) is 0.417. The number of nitrogens with zero attached hydrogens (tertiary/aromatic N) is 3. The summed E-state index contributed by atoms with van der Waals surface area (Å²) in [4.78, 5) is 13.6. The molecule has 1 unspecified atom stereocenters. The van der Waals surface area contributed by atoms with Gasteiger partial charge in [0.1, 0.15) is 29.2 Å². The Kier molecular flexibility index (Phi) is 5.75. The Balaban J connectivity index is 1.61. The summed E-state index contributed by atoms with van der Waals surface area (Å²) in [6.07, 6.45) is 0.722. The number of hydrogen-bond donors (Lipinski definition) is 3. The van der Waals surface area contributed by atoms with Gasteiger partial charge in [0.15, 0.2) is 0 Å². The van der Waals surface area contributed by atoms with Crippen LogP contribution in [0.2, 0.25) is 0 Å². The van der Waals surface area contributed by atoms with Crippen molar-refractivity contribution in [1.29, 1.82) is 0 Å². The smallest absolute Gasteiger partial charge is 0.246 e. The summed E-state index contributed by atoms with van der Waals surface area (Å²) in [7, 11) is 0. The third kappa shape index (κ3) is 4.16. The van der Waals surface area contributed by atoms with E-state index in [0.29, 0.717) is 42.3 Å². The predicted octanol–water partition coefficient (Wildman–Crippen LogP) is 2.83. The van der Waals surface area contributed by atoms with Crippen LogP contribution in [0.15, 0.2) is 67.3 Å². The molecule has 1 fully saturated rings. The van der Waals surface area contributed by atoms with Gasteiger partial charge in [-0.3, -0.25) is 4.79 Å². The third-order valence-electron chi connectivity index (χ3n) is 5.38. The lowest BCUT2D eigenvalue weighted by Crippen LogP contribution is -2.27. The highest BCUT2D eigenvalue weighted by Crippen LogP contribution is 2.35. The second-order valence-corrected chi connectivity index (χ2v) is 7.41. The van der Waals surface area contributed by atoms with Crippen molar-refractivity contribution in [2.75, 3.05) is 18.8 Å². The van der Waals surface area contributed by atoms with Gasteiger partial charge in [0.2, 0.25) is 5.91 Å². The van der Waals surface area contributed by atoms with Gasteiger partial charge >= 0.3 is 0 Å². The van der Waals surface area contributed by atoms with Gasteiger partial charge in [0, 0.05) is 18.7 Å². The molecule has 0 radical (unpaired) electrons. The van der Waals surface area contributed by atoms with Gasteiger partial charge in [-0.15, -0.1) is 0 Å². The second-order valence-electron chi connectivity index (χ2n) is 7.41. The van der Waals surface area contributed by atoms with E-state index in [9.17, 15) is 9.90 Å². The van der Waals surface area contributed by atoms with Crippen molar-refractivity contribution >= 4 is 11.7 Å². The van der Waals surface area contributed by atoms with Gasteiger partial charge in [0.25, 0.3) is 0 Å². The van der Waals surface area contributed by atoms with Gasteiger partial charge in [-0.2, -0.15) is 5.10 Å². The molecule has 0 aliphatic carbocycles. The van der Waals surface area contributed by atoms with E-state index >= 15 is 0 Å². The molecule has 4 rings (SSSR count). The van der Waals surface area contributed by atoms with E-state index in [2.05, 4.69) is 11.7 Å². The van der Waals surface area contributed by atoms with Crippen LogP contribution in [-0.2, 0) is 4.79 Å². The van der Waals surface area contributed by atoms with Crippen LogP contribution < -0.4 is 16.2 Å². The number of para-hydroxylation sites is 1. The van der Waals surface area contributed by atoms with Crippen molar-refractivity contribution in [2.45, 2.75) is 18.7 Å². The van der Waals surface area contributed by atoms with Crippen LogP contribution in [0.4, 0.5) is 5.82 Å². The number of amides is 1.